The molecule has 1 aromatic rings. The standard InChI is InChI=1S/C10H13N3/c1-4-5-6-9(11-3)10-12-7-8(2)13-10/h4-7H,1H2,2-3H3,(H,12,13)/b6-5-,11-9?. The molecule has 0 fully saturated rings. The van der Waals surface area contributed by atoms with Crippen LogP contribution in [-0.2, 0) is 0 Å². The number of hydrogen-bond donors (Lipinski definition) is 1. The highest BCUT2D eigenvalue weighted by atomic mass is 14.9. The van der Waals surface area contributed by atoms with Crippen LogP contribution >= 0.6 is 0 Å². The van der Waals surface area contributed by atoms with Crippen LogP contribution in [0.15, 0.2) is 36.0 Å². The number of rotatable bonds is 3. The number of aromatic nitrogens is 2. The smallest absolute Gasteiger partial charge is 0.155 e. The maximum atomic E-state index is 4.17. The van der Waals surface area contributed by atoms with E-state index < -0.39 is 0 Å². The van der Waals surface area contributed by atoms with Crippen molar-refractivity contribution in [2.24, 2.45) is 4.99 Å². The highest BCUT2D eigenvalue weighted by molar-refractivity contribution is 6.06. The molecule has 0 atom stereocenters. The molecule has 0 saturated carbocycles. The lowest BCUT2D eigenvalue weighted by Crippen LogP contribution is -1.99. The number of aryl methyl sites for hydroxylation is 1. The minimum atomic E-state index is 0.790. The molecule has 0 aliphatic carbocycles. The van der Waals surface area contributed by atoms with Gasteiger partial charge in [0.15, 0.2) is 5.82 Å². The van der Waals surface area contributed by atoms with Crippen LogP contribution in [-0.4, -0.2) is 22.7 Å². The number of H-pyrrole nitrogens is 1. The van der Waals surface area contributed by atoms with Crippen molar-refractivity contribution in [3.05, 3.63) is 42.5 Å². The molecule has 1 rings (SSSR count). The molecule has 1 N–H and O–H groups in total. The molecule has 0 amide bonds. The Labute approximate surface area is 77.9 Å². The second-order valence-corrected chi connectivity index (χ2v) is 2.62. The molecule has 0 aliphatic rings. The normalized spacial score (nSPS) is 12.3. The van der Waals surface area contributed by atoms with E-state index in [2.05, 4.69) is 21.5 Å². The van der Waals surface area contributed by atoms with E-state index in [0.29, 0.717) is 0 Å². The first-order valence-electron chi connectivity index (χ1n) is 4.05. The first-order chi connectivity index (χ1) is 6.27. The zero-order valence-corrected chi connectivity index (χ0v) is 7.91. The Morgan fingerprint density at radius 1 is 1.69 bits per heavy atom. The topological polar surface area (TPSA) is 41.0 Å². The average molecular weight is 175 g/mol. The molecule has 0 aliphatic heterocycles. The van der Waals surface area contributed by atoms with Gasteiger partial charge in [0.1, 0.15) is 0 Å². The maximum Gasteiger partial charge on any atom is 0.155 e. The van der Waals surface area contributed by atoms with Gasteiger partial charge in [-0.1, -0.05) is 18.7 Å². The molecule has 3 heteroatoms. The molecular formula is C10H13N3. The largest absolute Gasteiger partial charge is 0.341 e. The summed E-state index contributed by atoms with van der Waals surface area (Å²) in [6.45, 7) is 5.55. The fraction of sp³-hybridized carbons (Fsp3) is 0.200. The Bertz CT molecular complexity index is 345. The van der Waals surface area contributed by atoms with Crippen LogP contribution in [0.5, 0.6) is 0 Å². The summed E-state index contributed by atoms with van der Waals surface area (Å²) in [5.74, 6) is 0.790. The van der Waals surface area contributed by atoms with E-state index in [1.807, 2.05) is 19.1 Å². The van der Waals surface area contributed by atoms with Crippen molar-refractivity contribution >= 4 is 5.71 Å². The van der Waals surface area contributed by atoms with Gasteiger partial charge in [0, 0.05) is 18.9 Å². The highest BCUT2D eigenvalue weighted by Gasteiger charge is 2.01. The number of nitrogens with zero attached hydrogens (tertiary/aromatic N) is 2. The van der Waals surface area contributed by atoms with Gasteiger partial charge in [-0.15, -0.1) is 0 Å². The second kappa shape index (κ2) is 4.40. The summed E-state index contributed by atoms with van der Waals surface area (Å²) in [6.07, 6.45) is 7.19. The van der Waals surface area contributed by atoms with Crippen LogP contribution in [0.3, 0.4) is 0 Å². The third-order valence-electron chi connectivity index (χ3n) is 1.58. The lowest BCUT2D eigenvalue weighted by atomic mass is 10.3. The SMILES string of the molecule is C=C/C=C\C(=NC)c1ncc(C)[nH]1. The van der Waals surface area contributed by atoms with Gasteiger partial charge in [-0.05, 0) is 13.0 Å². The molecule has 0 aromatic carbocycles. The number of hydrogen-bond acceptors (Lipinski definition) is 2. The molecule has 13 heavy (non-hydrogen) atoms. The van der Waals surface area contributed by atoms with Crippen molar-refractivity contribution in [2.75, 3.05) is 7.05 Å². The third kappa shape index (κ3) is 2.40. The predicted molar refractivity (Wildman–Crippen MR) is 55.1 cm³/mol. The Balaban J connectivity index is 2.91. The quantitative estimate of drug-likeness (QED) is 0.553. The third-order valence-corrected chi connectivity index (χ3v) is 1.58. The summed E-state index contributed by atoms with van der Waals surface area (Å²) in [6, 6.07) is 0. The Hall–Kier alpha value is -1.64. The monoisotopic (exact) mass is 175 g/mol. The summed E-state index contributed by atoms with van der Waals surface area (Å²) in [4.78, 5) is 11.4. The molecule has 0 bridgehead atoms. The number of nitrogens with one attached hydrogen (secondary N) is 1. The van der Waals surface area contributed by atoms with Crippen LogP contribution < -0.4 is 0 Å². The van der Waals surface area contributed by atoms with Crippen molar-refractivity contribution < 1.29 is 0 Å². The zero-order chi connectivity index (χ0) is 9.68. The van der Waals surface area contributed by atoms with Crippen molar-refractivity contribution in [1.82, 2.24) is 9.97 Å². The van der Waals surface area contributed by atoms with E-state index in [0.717, 1.165) is 17.2 Å². The number of aliphatic imine (C=N–C) groups is 1. The fourth-order valence-electron chi connectivity index (χ4n) is 0.961. The van der Waals surface area contributed by atoms with E-state index in [-0.39, 0.29) is 0 Å². The number of aromatic amines is 1. The van der Waals surface area contributed by atoms with Gasteiger partial charge in [0.05, 0.1) is 5.71 Å². The highest BCUT2D eigenvalue weighted by Crippen LogP contribution is 1.98. The summed E-state index contributed by atoms with van der Waals surface area (Å²) >= 11 is 0. The van der Waals surface area contributed by atoms with Crippen LogP contribution in [0, 0.1) is 6.92 Å². The minimum absolute atomic E-state index is 0.790. The van der Waals surface area contributed by atoms with E-state index in [4.69, 9.17) is 0 Å². The van der Waals surface area contributed by atoms with Crippen LogP contribution in [0.1, 0.15) is 11.5 Å². The number of imidazole rings is 1. The molecule has 0 radical (unpaired) electrons. The minimum Gasteiger partial charge on any atom is -0.341 e. The van der Waals surface area contributed by atoms with Crippen LogP contribution in [0.25, 0.3) is 0 Å². The van der Waals surface area contributed by atoms with E-state index in [9.17, 15) is 0 Å². The lowest BCUT2D eigenvalue weighted by molar-refractivity contribution is 1.21. The van der Waals surface area contributed by atoms with Crippen LogP contribution in [0.4, 0.5) is 0 Å². The van der Waals surface area contributed by atoms with Gasteiger partial charge < -0.3 is 4.98 Å². The molecule has 0 saturated heterocycles. The van der Waals surface area contributed by atoms with Crippen molar-refractivity contribution in [2.45, 2.75) is 6.92 Å². The van der Waals surface area contributed by atoms with E-state index in [1.165, 1.54) is 0 Å². The first kappa shape index (κ1) is 9.45. The molecule has 0 spiro atoms. The molecule has 0 unspecified atom stereocenters. The second-order valence-electron chi connectivity index (χ2n) is 2.62. The Morgan fingerprint density at radius 3 is 2.92 bits per heavy atom. The van der Waals surface area contributed by atoms with Crippen molar-refractivity contribution in [1.29, 1.82) is 0 Å². The molecule has 3 nitrogen and oxygen atoms in total. The molecule has 1 aromatic heterocycles. The predicted octanol–water partition coefficient (Wildman–Crippen LogP) is 1.88. The maximum absolute atomic E-state index is 4.17. The van der Waals surface area contributed by atoms with Gasteiger partial charge in [-0.2, -0.15) is 0 Å². The van der Waals surface area contributed by atoms with E-state index in [1.54, 1.807) is 19.3 Å². The Kier molecular flexibility index (Phi) is 3.20. The zero-order valence-electron chi connectivity index (χ0n) is 7.91. The van der Waals surface area contributed by atoms with Gasteiger partial charge >= 0.3 is 0 Å². The molecule has 1 heterocycles. The lowest BCUT2D eigenvalue weighted by Gasteiger charge is -1.93. The Morgan fingerprint density at radius 2 is 2.46 bits per heavy atom. The summed E-state index contributed by atoms with van der Waals surface area (Å²) in [7, 11) is 1.74. The average Bonchev–Trinajstić information content (AvgIpc) is 2.54. The summed E-state index contributed by atoms with van der Waals surface area (Å²) < 4.78 is 0. The van der Waals surface area contributed by atoms with Gasteiger partial charge in [0.2, 0.25) is 0 Å². The van der Waals surface area contributed by atoms with Gasteiger partial charge in [-0.25, -0.2) is 4.98 Å². The van der Waals surface area contributed by atoms with Gasteiger partial charge in [0.25, 0.3) is 0 Å². The fourth-order valence-corrected chi connectivity index (χ4v) is 0.961. The van der Waals surface area contributed by atoms with Crippen molar-refractivity contribution in [3.8, 4) is 0 Å². The summed E-state index contributed by atoms with van der Waals surface area (Å²) in [5.41, 5.74) is 1.86. The molecule has 68 valence electrons. The summed E-state index contributed by atoms with van der Waals surface area (Å²) in [5, 5.41) is 0. The molecular weight excluding hydrogens is 162 g/mol. The van der Waals surface area contributed by atoms with Crippen LogP contribution in [0.2, 0.25) is 0 Å². The first-order valence-corrected chi connectivity index (χ1v) is 4.05. The number of allylic oxidation sites excluding steroid dienone is 3. The van der Waals surface area contributed by atoms with Gasteiger partial charge in [-0.3, -0.25) is 4.99 Å². The van der Waals surface area contributed by atoms with Crippen molar-refractivity contribution in [3.63, 3.8) is 0 Å². The van der Waals surface area contributed by atoms with E-state index >= 15 is 0 Å².